The van der Waals surface area contributed by atoms with Gasteiger partial charge in [0.25, 0.3) is 0 Å². The van der Waals surface area contributed by atoms with Crippen molar-refractivity contribution in [1.29, 1.82) is 0 Å². The van der Waals surface area contributed by atoms with Crippen LogP contribution in [0.4, 0.5) is 0 Å². The molecule has 1 heterocycles. The van der Waals surface area contributed by atoms with E-state index >= 15 is 0 Å². The Bertz CT molecular complexity index is 514. The number of nitrogens with zero attached hydrogens (tertiary/aromatic N) is 1. The summed E-state index contributed by atoms with van der Waals surface area (Å²) in [4.78, 5) is 14.0. The number of likely N-dealkylation sites (N-methyl/N-ethyl adjacent to an activating group) is 1. The molecule has 0 bridgehead atoms. The van der Waals surface area contributed by atoms with E-state index in [4.69, 9.17) is 9.47 Å². The van der Waals surface area contributed by atoms with Gasteiger partial charge in [0.1, 0.15) is 0 Å². The zero-order valence-corrected chi connectivity index (χ0v) is 12.4. The van der Waals surface area contributed by atoms with E-state index in [0.717, 1.165) is 42.6 Å². The predicted octanol–water partition coefficient (Wildman–Crippen LogP) is 1.76. The summed E-state index contributed by atoms with van der Waals surface area (Å²) in [7, 11) is 0. The molecule has 0 saturated heterocycles. The summed E-state index contributed by atoms with van der Waals surface area (Å²) in [6, 6.07) is 5.95. The molecule has 1 N–H and O–H groups in total. The Kier molecular flexibility index (Phi) is 4.29. The van der Waals surface area contributed by atoms with Crippen LogP contribution in [0.25, 0.3) is 0 Å². The van der Waals surface area contributed by atoms with Gasteiger partial charge in [-0.15, -0.1) is 0 Å². The standard InChI is InChI=1S/C16H22N2O3/c1-2-18(10-16(19)17-8-12-3-4-12)9-13-5-6-14-15(7-13)21-11-20-14/h5-7,12H,2-4,8-11H2,1H3,(H,17,19). The van der Waals surface area contributed by atoms with Crippen molar-refractivity contribution in [2.75, 3.05) is 26.4 Å². The minimum atomic E-state index is 0.115. The smallest absolute Gasteiger partial charge is 0.234 e. The number of ether oxygens (including phenoxy) is 2. The Labute approximate surface area is 125 Å². The molecule has 114 valence electrons. The van der Waals surface area contributed by atoms with Crippen LogP contribution in [0.3, 0.4) is 0 Å². The fraction of sp³-hybridized carbons (Fsp3) is 0.562. The van der Waals surface area contributed by atoms with E-state index in [1.165, 1.54) is 12.8 Å². The minimum absolute atomic E-state index is 0.115. The lowest BCUT2D eigenvalue weighted by molar-refractivity contribution is -0.122. The van der Waals surface area contributed by atoms with Crippen molar-refractivity contribution in [2.45, 2.75) is 26.3 Å². The van der Waals surface area contributed by atoms with Crippen molar-refractivity contribution in [2.24, 2.45) is 5.92 Å². The molecule has 1 aliphatic heterocycles. The lowest BCUT2D eigenvalue weighted by atomic mass is 10.2. The second kappa shape index (κ2) is 6.35. The number of hydrogen-bond acceptors (Lipinski definition) is 4. The molecule has 1 saturated carbocycles. The van der Waals surface area contributed by atoms with Crippen LogP contribution < -0.4 is 14.8 Å². The first-order chi connectivity index (χ1) is 10.2. The minimum Gasteiger partial charge on any atom is -0.454 e. The second-order valence-corrected chi connectivity index (χ2v) is 5.74. The molecular weight excluding hydrogens is 268 g/mol. The van der Waals surface area contributed by atoms with Crippen LogP contribution in [0.2, 0.25) is 0 Å². The van der Waals surface area contributed by atoms with Crippen LogP contribution in [0.15, 0.2) is 18.2 Å². The van der Waals surface area contributed by atoms with Crippen molar-refractivity contribution >= 4 is 5.91 Å². The monoisotopic (exact) mass is 290 g/mol. The molecule has 2 aliphatic rings. The number of nitrogens with one attached hydrogen (secondary N) is 1. The SMILES string of the molecule is CCN(CC(=O)NCC1CC1)Cc1ccc2c(c1)OCO2. The molecule has 0 unspecified atom stereocenters. The lowest BCUT2D eigenvalue weighted by Gasteiger charge is -2.20. The van der Waals surface area contributed by atoms with Crippen LogP contribution >= 0.6 is 0 Å². The van der Waals surface area contributed by atoms with Crippen LogP contribution in [-0.4, -0.2) is 37.2 Å². The predicted molar refractivity (Wildman–Crippen MR) is 79.2 cm³/mol. The van der Waals surface area contributed by atoms with E-state index in [9.17, 15) is 4.79 Å². The maximum absolute atomic E-state index is 11.9. The summed E-state index contributed by atoms with van der Waals surface area (Å²) < 4.78 is 10.7. The molecule has 0 aromatic heterocycles. The topological polar surface area (TPSA) is 50.8 Å². The molecule has 0 radical (unpaired) electrons. The van der Waals surface area contributed by atoms with Gasteiger partial charge in [0, 0.05) is 13.1 Å². The molecule has 0 spiro atoms. The van der Waals surface area contributed by atoms with Gasteiger partial charge in [0.05, 0.1) is 6.54 Å². The van der Waals surface area contributed by atoms with Gasteiger partial charge in [-0.25, -0.2) is 0 Å². The number of fused-ring (bicyclic) bond motifs is 1. The van der Waals surface area contributed by atoms with Gasteiger partial charge in [-0.2, -0.15) is 0 Å². The molecule has 3 rings (SSSR count). The van der Waals surface area contributed by atoms with Crippen molar-refractivity contribution in [3.05, 3.63) is 23.8 Å². The first-order valence-electron chi connectivity index (χ1n) is 7.62. The number of carbonyl (C=O) groups excluding carboxylic acids is 1. The highest BCUT2D eigenvalue weighted by molar-refractivity contribution is 5.78. The fourth-order valence-corrected chi connectivity index (χ4v) is 2.42. The zero-order chi connectivity index (χ0) is 14.7. The van der Waals surface area contributed by atoms with Gasteiger partial charge in [-0.05, 0) is 43.0 Å². The van der Waals surface area contributed by atoms with E-state index in [0.29, 0.717) is 13.3 Å². The van der Waals surface area contributed by atoms with Gasteiger partial charge >= 0.3 is 0 Å². The fourth-order valence-electron chi connectivity index (χ4n) is 2.42. The van der Waals surface area contributed by atoms with Crippen LogP contribution in [0, 0.1) is 5.92 Å². The highest BCUT2D eigenvalue weighted by Gasteiger charge is 2.22. The van der Waals surface area contributed by atoms with Crippen molar-refractivity contribution in [1.82, 2.24) is 10.2 Å². The molecule has 0 atom stereocenters. The van der Waals surface area contributed by atoms with Gasteiger partial charge in [-0.3, -0.25) is 9.69 Å². The summed E-state index contributed by atoms with van der Waals surface area (Å²) >= 11 is 0. The molecule has 1 aliphatic carbocycles. The normalized spacial score (nSPS) is 16.3. The molecule has 21 heavy (non-hydrogen) atoms. The average Bonchev–Trinajstić information content (AvgIpc) is 3.20. The highest BCUT2D eigenvalue weighted by Crippen LogP contribution is 2.32. The Balaban J connectivity index is 1.52. The van der Waals surface area contributed by atoms with E-state index in [1.54, 1.807) is 0 Å². The van der Waals surface area contributed by atoms with Gasteiger partial charge < -0.3 is 14.8 Å². The lowest BCUT2D eigenvalue weighted by Crippen LogP contribution is -2.37. The third-order valence-electron chi connectivity index (χ3n) is 3.94. The van der Waals surface area contributed by atoms with Crippen molar-refractivity contribution < 1.29 is 14.3 Å². The summed E-state index contributed by atoms with van der Waals surface area (Å²) in [6.45, 7) is 5.22. The molecule has 1 fully saturated rings. The Morgan fingerprint density at radius 1 is 1.33 bits per heavy atom. The van der Waals surface area contributed by atoms with E-state index < -0.39 is 0 Å². The molecule has 5 nitrogen and oxygen atoms in total. The summed E-state index contributed by atoms with van der Waals surface area (Å²) in [6.07, 6.45) is 2.52. The quantitative estimate of drug-likeness (QED) is 0.831. The summed E-state index contributed by atoms with van der Waals surface area (Å²) in [5.74, 6) is 2.42. The zero-order valence-electron chi connectivity index (χ0n) is 12.4. The first kappa shape index (κ1) is 14.2. The van der Waals surface area contributed by atoms with Gasteiger partial charge in [0.15, 0.2) is 11.5 Å². The number of carbonyl (C=O) groups is 1. The molecule has 1 aromatic carbocycles. The third-order valence-corrected chi connectivity index (χ3v) is 3.94. The number of rotatable bonds is 7. The van der Waals surface area contributed by atoms with Crippen LogP contribution in [-0.2, 0) is 11.3 Å². The largest absolute Gasteiger partial charge is 0.454 e. The van der Waals surface area contributed by atoms with Gasteiger partial charge in [0.2, 0.25) is 12.7 Å². The summed E-state index contributed by atoms with van der Waals surface area (Å²) in [5, 5.41) is 3.01. The highest BCUT2D eigenvalue weighted by atomic mass is 16.7. The maximum atomic E-state index is 11.9. The Morgan fingerprint density at radius 2 is 2.14 bits per heavy atom. The van der Waals surface area contributed by atoms with Crippen molar-refractivity contribution in [3.63, 3.8) is 0 Å². The third kappa shape index (κ3) is 3.88. The van der Waals surface area contributed by atoms with Crippen LogP contribution in [0.1, 0.15) is 25.3 Å². The van der Waals surface area contributed by atoms with Gasteiger partial charge in [-0.1, -0.05) is 13.0 Å². The molecule has 1 amide bonds. The Hall–Kier alpha value is -1.75. The second-order valence-electron chi connectivity index (χ2n) is 5.74. The van der Waals surface area contributed by atoms with E-state index in [2.05, 4.69) is 17.1 Å². The molecular formula is C16H22N2O3. The Morgan fingerprint density at radius 3 is 2.90 bits per heavy atom. The van der Waals surface area contributed by atoms with Crippen molar-refractivity contribution in [3.8, 4) is 11.5 Å². The number of benzene rings is 1. The summed E-state index contributed by atoms with van der Waals surface area (Å²) in [5.41, 5.74) is 1.14. The van der Waals surface area contributed by atoms with E-state index in [1.807, 2.05) is 18.2 Å². The molecule has 5 heteroatoms. The first-order valence-corrected chi connectivity index (χ1v) is 7.62. The van der Waals surface area contributed by atoms with E-state index in [-0.39, 0.29) is 5.91 Å². The maximum Gasteiger partial charge on any atom is 0.234 e. The average molecular weight is 290 g/mol. The number of hydrogen-bond donors (Lipinski definition) is 1. The van der Waals surface area contributed by atoms with Crippen LogP contribution in [0.5, 0.6) is 11.5 Å². The molecule has 1 aromatic rings. The number of amides is 1.